The maximum Gasteiger partial charge on any atom is 0.236 e. The molecular weight excluding hydrogens is 510 g/mol. The van der Waals surface area contributed by atoms with Gasteiger partial charge in [0.05, 0.1) is 17.0 Å². The van der Waals surface area contributed by atoms with Crippen molar-refractivity contribution in [3.8, 4) is 0 Å². The topological polar surface area (TPSA) is 74.7 Å². The van der Waals surface area contributed by atoms with Crippen molar-refractivity contribution in [3.63, 3.8) is 0 Å². The van der Waals surface area contributed by atoms with Gasteiger partial charge in [0, 0.05) is 35.8 Å². The van der Waals surface area contributed by atoms with Gasteiger partial charge in [-0.15, -0.1) is 0 Å². The Labute approximate surface area is 231 Å². The molecule has 2 aliphatic heterocycles. The number of aliphatic imine (C=N–C) groups is 1. The first-order valence-electron chi connectivity index (χ1n) is 13.4. The molecule has 6 nitrogen and oxygen atoms in total. The summed E-state index contributed by atoms with van der Waals surface area (Å²) in [6.45, 7) is 7.71. The maximum atomic E-state index is 14.1. The highest BCUT2D eigenvalue weighted by atomic mass is 19.1. The predicted molar refractivity (Wildman–Crippen MR) is 149 cm³/mol. The lowest BCUT2D eigenvalue weighted by molar-refractivity contribution is -0.149. The second-order valence-corrected chi connectivity index (χ2v) is 11.7. The molecule has 3 aliphatic rings. The van der Waals surface area contributed by atoms with Gasteiger partial charge >= 0.3 is 0 Å². The largest absolute Gasteiger partial charge is 0.331 e. The Hall–Kier alpha value is -4.20. The number of likely N-dealkylation sites (tertiary alicyclic amines) is 1. The SMILES string of the molecule is C=C/C=N\C1=C[C@@]2(Cc3cc4cc(CN5C(=O)C(C)(C)CC[C@H]5c5cc(F)cc(F)c5)cnc4cc3C2)C(=O)N1. The lowest BCUT2D eigenvalue weighted by Gasteiger charge is -2.43. The average Bonchev–Trinajstić information content (AvgIpc) is 3.40. The number of nitrogens with zero attached hydrogens (tertiary/aromatic N) is 3. The first-order valence-corrected chi connectivity index (χ1v) is 13.4. The molecule has 0 radical (unpaired) electrons. The van der Waals surface area contributed by atoms with Crippen molar-refractivity contribution < 1.29 is 18.4 Å². The van der Waals surface area contributed by atoms with Gasteiger partial charge in [-0.05, 0) is 84.3 Å². The zero-order valence-corrected chi connectivity index (χ0v) is 22.5. The van der Waals surface area contributed by atoms with E-state index in [9.17, 15) is 18.4 Å². The molecule has 204 valence electrons. The van der Waals surface area contributed by atoms with E-state index in [0.29, 0.717) is 37.1 Å². The van der Waals surface area contributed by atoms with E-state index < -0.39 is 28.5 Å². The van der Waals surface area contributed by atoms with Crippen LogP contribution in [0, 0.1) is 22.5 Å². The van der Waals surface area contributed by atoms with Crippen LogP contribution in [-0.4, -0.2) is 27.9 Å². The molecule has 1 spiro atoms. The number of carbonyl (C=O) groups is 2. The van der Waals surface area contributed by atoms with Crippen LogP contribution in [0.2, 0.25) is 0 Å². The number of amides is 2. The van der Waals surface area contributed by atoms with E-state index in [1.54, 1.807) is 23.4 Å². The highest BCUT2D eigenvalue weighted by molar-refractivity contribution is 5.92. The Morgan fingerprint density at radius 1 is 1.10 bits per heavy atom. The Morgan fingerprint density at radius 2 is 1.82 bits per heavy atom. The minimum absolute atomic E-state index is 0.0571. The average molecular weight is 541 g/mol. The summed E-state index contributed by atoms with van der Waals surface area (Å²) in [7, 11) is 0. The van der Waals surface area contributed by atoms with Gasteiger partial charge in [0.15, 0.2) is 0 Å². The van der Waals surface area contributed by atoms with Crippen molar-refractivity contribution >= 4 is 28.9 Å². The number of benzene rings is 2. The summed E-state index contributed by atoms with van der Waals surface area (Å²) in [6, 6.07) is 9.14. The van der Waals surface area contributed by atoms with Crippen LogP contribution in [0.5, 0.6) is 0 Å². The molecule has 0 bridgehead atoms. The number of aromatic nitrogens is 1. The van der Waals surface area contributed by atoms with Gasteiger partial charge in [-0.2, -0.15) is 0 Å². The Kier molecular flexibility index (Phi) is 6.16. The number of nitrogens with one attached hydrogen (secondary N) is 1. The minimum Gasteiger partial charge on any atom is -0.331 e. The van der Waals surface area contributed by atoms with Crippen molar-refractivity contribution in [3.05, 3.63) is 101 Å². The van der Waals surface area contributed by atoms with Gasteiger partial charge in [-0.1, -0.05) is 26.5 Å². The molecule has 2 aromatic carbocycles. The zero-order valence-electron chi connectivity index (χ0n) is 22.5. The van der Waals surface area contributed by atoms with Crippen LogP contribution < -0.4 is 5.32 Å². The molecule has 0 unspecified atom stereocenters. The molecule has 1 fully saturated rings. The van der Waals surface area contributed by atoms with E-state index in [4.69, 9.17) is 4.98 Å². The third-order valence-corrected chi connectivity index (χ3v) is 8.38. The van der Waals surface area contributed by atoms with Crippen LogP contribution in [0.15, 0.2) is 72.1 Å². The number of piperidine rings is 1. The smallest absolute Gasteiger partial charge is 0.236 e. The van der Waals surface area contributed by atoms with E-state index in [1.807, 2.05) is 32.1 Å². The minimum atomic E-state index is -0.671. The molecule has 3 heterocycles. The first kappa shape index (κ1) is 26.0. The maximum absolute atomic E-state index is 14.1. The summed E-state index contributed by atoms with van der Waals surface area (Å²) < 4.78 is 28.2. The van der Waals surface area contributed by atoms with Gasteiger partial charge in [0.2, 0.25) is 11.8 Å². The standard InChI is InChI=1S/C32H30F2N4O2/c1-4-7-35-28-16-32(29(39)37-28)14-22-9-20-8-19(17-36-26(20)12-23(22)15-32)18-38-27(5-6-31(2,3)30(38)40)21-10-24(33)13-25(34)11-21/h4,7-13,16-17,27H,1,5-6,14-15,18H2,2-3H3,(H,37,39)/b35-7-/t27-,32-/m0/s1. The predicted octanol–water partition coefficient (Wildman–Crippen LogP) is 5.72. The number of fused-ring (bicyclic) bond motifs is 2. The molecule has 3 aromatic rings. The fourth-order valence-corrected chi connectivity index (χ4v) is 6.32. The number of hydrogen-bond donors (Lipinski definition) is 1. The zero-order chi connectivity index (χ0) is 28.2. The number of hydrogen-bond acceptors (Lipinski definition) is 4. The molecule has 1 saturated heterocycles. The van der Waals surface area contributed by atoms with Crippen molar-refractivity contribution in [1.82, 2.24) is 15.2 Å². The summed E-state index contributed by atoms with van der Waals surface area (Å²) in [5, 5.41) is 3.78. The van der Waals surface area contributed by atoms with Gasteiger partial charge in [0.25, 0.3) is 0 Å². The Bertz CT molecular complexity index is 1620. The molecule has 2 amide bonds. The van der Waals surface area contributed by atoms with E-state index in [0.717, 1.165) is 33.7 Å². The van der Waals surface area contributed by atoms with E-state index in [2.05, 4.69) is 23.0 Å². The summed E-state index contributed by atoms with van der Waals surface area (Å²) in [6.07, 6.45) is 9.13. The van der Waals surface area contributed by atoms with Crippen LogP contribution >= 0.6 is 0 Å². The van der Waals surface area contributed by atoms with Crippen LogP contribution in [-0.2, 0) is 29.0 Å². The monoisotopic (exact) mass is 540 g/mol. The Balaban J connectivity index is 1.31. The summed E-state index contributed by atoms with van der Waals surface area (Å²) in [5.74, 6) is -0.903. The molecule has 2 atom stereocenters. The second-order valence-electron chi connectivity index (χ2n) is 11.7. The lowest BCUT2D eigenvalue weighted by Crippen LogP contribution is -2.47. The number of allylic oxidation sites excluding steroid dienone is 1. The molecule has 0 saturated carbocycles. The molecule has 6 rings (SSSR count). The lowest BCUT2D eigenvalue weighted by atomic mass is 9.78. The fraction of sp³-hybridized carbons (Fsp3) is 0.312. The quantitative estimate of drug-likeness (QED) is 0.421. The van der Waals surface area contributed by atoms with Crippen LogP contribution in [0.4, 0.5) is 8.78 Å². The van der Waals surface area contributed by atoms with Crippen LogP contribution in [0.1, 0.15) is 55.0 Å². The number of carbonyl (C=O) groups excluding carboxylic acids is 2. The van der Waals surface area contributed by atoms with Crippen LogP contribution in [0.25, 0.3) is 10.9 Å². The number of halogens is 2. The third kappa shape index (κ3) is 4.51. The Morgan fingerprint density at radius 3 is 2.55 bits per heavy atom. The van der Waals surface area contributed by atoms with Gasteiger partial charge in [-0.3, -0.25) is 14.6 Å². The highest BCUT2D eigenvalue weighted by Gasteiger charge is 2.46. The molecule has 8 heteroatoms. The van der Waals surface area contributed by atoms with Crippen molar-refractivity contribution in [2.75, 3.05) is 0 Å². The molecule has 1 N–H and O–H groups in total. The van der Waals surface area contributed by atoms with E-state index in [1.165, 1.54) is 12.1 Å². The summed E-state index contributed by atoms with van der Waals surface area (Å²) >= 11 is 0. The highest BCUT2D eigenvalue weighted by Crippen LogP contribution is 2.44. The number of pyridine rings is 1. The van der Waals surface area contributed by atoms with Crippen molar-refractivity contribution in [2.24, 2.45) is 15.8 Å². The van der Waals surface area contributed by atoms with Crippen molar-refractivity contribution in [2.45, 2.75) is 52.1 Å². The fourth-order valence-electron chi connectivity index (χ4n) is 6.32. The second kappa shape index (κ2) is 9.47. The van der Waals surface area contributed by atoms with Crippen LogP contribution in [0.3, 0.4) is 0 Å². The summed E-state index contributed by atoms with van der Waals surface area (Å²) in [5.41, 5.74) is 3.00. The molecular formula is C32H30F2N4O2. The van der Waals surface area contributed by atoms with Gasteiger partial charge < -0.3 is 10.2 Å². The molecule has 1 aliphatic carbocycles. The molecule has 1 aromatic heterocycles. The molecule has 40 heavy (non-hydrogen) atoms. The van der Waals surface area contributed by atoms with Gasteiger partial charge in [0.1, 0.15) is 17.5 Å². The van der Waals surface area contributed by atoms with E-state index >= 15 is 0 Å². The first-order chi connectivity index (χ1) is 19.1. The third-order valence-electron chi connectivity index (χ3n) is 8.38. The summed E-state index contributed by atoms with van der Waals surface area (Å²) in [4.78, 5) is 37.1. The van der Waals surface area contributed by atoms with Gasteiger partial charge in [-0.25, -0.2) is 13.8 Å². The van der Waals surface area contributed by atoms with E-state index in [-0.39, 0.29) is 18.4 Å². The van der Waals surface area contributed by atoms with Crippen molar-refractivity contribution in [1.29, 1.82) is 0 Å². The number of rotatable bonds is 5. The normalized spacial score (nSPS) is 23.6.